The molecule has 3 rings (SSSR count). The van der Waals surface area contributed by atoms with Crippen LogP contribution < -0.4 is 10.9 Å². The second kappa shape index (κ2) is 8.76. The Balaban J connectivity index is 1.71. The van der Waals surface area contributed by atoms with Crippen molar-refractivity contribution in [3.05, 3.63) is 53.1 Å². The fourth-order valence-electron chi connectivity index (χ4n) is 2.81. The van der Waals surface area contributed by atoms with Gasteiger partial charge in [0.15, 0.2) is 0 Å². The Bertz CT molecular complexity index is 931. The van der Waals surface area contributed by atoms with Gasteiger partial charge in [0.2, 0.25) is 5.91 Å². The molecule has 0 saturated carbocycles. The lowest BCUT2D eigenvalue weighted by molar-refractivity contribution is -0.121. The van der Waals surface area contributed by atoms with Gasteiger partial charge in [-0.3, -0.25) is 14.2 Å². The second-order valence-corrected chi connectivity index (χ2v) is 7.31. The van der Waals surface area contributed by atoms with E-state index in [9.17, 15) is 9.59 Å². The van der Waals surface area contributed by atoms with Crippen molar-refractivity contribution in [1.29, 1.82) is 0 Å². The molecule has 136 valence electrons. The zero-order valence-electron chi connectivity index (χ0n) is 14.9. The number of aromatic nitrogens is 2. The summed E-state index contributed by atoms with van der Waals surface area (Å²) < 4.78 is 1.38. The molecule has 1 N–H and O–H groups in total. The molecule has 0 fully saturated rings. The molecule has 0 saturated heterocycles. The lowest BCUT2D eigenvalue weighted by Gasteiger charge is -2.07. The molecule has 0 unspecified atom stereocenters. The molecule has 0 aliphatic rings. The summed E-state index contributed by atoms with van der Waals surface area (Å²) in [5.74, 6) is -0.150. The summed E-state index contributed by atoms with van der Waals surface area (Å²) in [4.78, 5) is 30.8. The Morgan fingerprint density at radius 1 is 1.19 bits per heavy atom. The van der Waals surface area contributed by atoms with Crippen molar-refractivity contribution in [2.45, 2.75) is 39.2 Å². The van der Waals surface area contributed by atoms with Crippen LogP contribution in [0.3, 0.4) is 0 Å². The molecular weight excluding hydrogens is 346 g/mol. The van der Waals surface area contributed by atoms with Gasteiger partial charge in [0.25, 0.3) is 5.56 Å². The number of carbonyl (C=O) groups is 1. The van der Waals surface area contributed by atoms with E-state index in [0.29, 0.717) is 16.8 Å². The Kier molecular flexibility index (Phi) is 6.17. The Labute approximate surface area is 156 Å². The Morgan fingerprint density at radius 2 is 2.00 bits per heavy atom. The molecule has 0 aliphatic carbocycles. The summed E-state index contributed by atoms with van der Waals surface area (Å²) >= 11 is 1.49. The number of fused-ring (bicyclic) bond motifs is 1. The molecule has 2 aromatic heterocycles. The first-order valence-electron chi connectivity index (χ1n) is 9.00. The molecule has 0 atom stereocenters. The number of nitrogens with one attached hydrogen (secondary N) is 1. The maximum absolute atomic E-state index is 12.7. The van der Waals surface area contributed by atoms with Gasteiger partial charge in [-0.05, 0) is 18.1 Å². The third-order valence-electron chi connectivity index (χ3n) is 4.24. The summed E-state index contributed by atoms with van der Waals surface area (Å²) in [6, 6.07) is 11.8. The van der Waals surface area contributed by atoms with Crippen molar-refractivity contribution < 1.29 is 4.79 Å². The van der Waals surface area contributed by atoms with E-state index < -0.39 is 0 Å². The first kappa shape index (κ1) is 18.3. The zero-order valence-corrected chi connectivity index (χ0v) is 15.7. The largest absolute Gasteiger partial charge is 0.355 e. The highest BCUT2D eigenvalue weighted by Gasteiger charge is 2.12. The van der Waals surface area contributed by atoms with Crippen molar-refractivity contribution in [3.63, 3.8) is 0 Å². The van der Waals surface area contributed by atoms with E-state index in [1.807, 2.05) is 36.4 Å². The molecule has 2 heterocycles. The van der Waals surface area contributed by atoms with Crippen LogP contribution >= 0.6 is 11.3 Å². The van der Waals surface area contributed by atoms with Crippen LogP contribution in [0, 0.1) is 0 Å². The average Bonchev–Trinajstić information content (AvgIpc) is 3.10. The van der Waals surface area contributed by atoms with E-state index in [0.717, 1.165) is 23.3 Å². The first-order chi connectivity index (χ1) is 12.7. The standard InChI is InChI=1S/C20H23N3O2S/c1-2-3-4-8-11-21-18(24)13-23-14-22-19-16(20(23)25)12-17(26-19)15-9-6-5-7-10-15/h5-7,9-10,12,14H,2-4,8,11,13H2,1H3,(H,21,24). The van der Waals surface area contributed by atoms with E-state index in [1.54, 1.807) is 0 Å². The quantitative estimate of drug-likeness (QED) is 0.614. The van der Waals surface area contributed by atoms with Crippen molar-refractivity contribution in [2.24, 2.45) is 0 Å². The van der Waals surface area contributed by atoms with Gasteiger partial charge in [0.1, 0.15) is 11.4 Å². The van der Waals surface area contributed by atoms with Gasteiger partial charge in [0, 0.05) is 11.4 Å². The number of benzene rings is 1. The molecular formula is C20H23N3O2S. The van der Waals surface area contributed by atoms with Gasteiger partial charge in [-0.25, -0.2) is 4.98 Å². The Hall–Kier alpha value is -2.47. The summed E-state index contributed by atoms with van der Waals surface area (Å²) in [7, 11) is 0. The number of rotatable bonds is 8. The third-order valence-corrected chi connectivity index (χ3v) is 5.34. The summed E-state index contributed by atoms with van der Waals surface area (Å²) in [5.41, 5.74) is 0.890. The smallest absolute Gasteiger partial charge is 0.262 e. The molecule has 0 spiro atoms. The SMILES string of the molecule is CCCCCCNC(=O)Cn1cnc2sc(-c3ccccc3)cc2c1=O. The number of thiophene rings is 1. The van der Waals surface area contributed by atoms with Gasteiger partial charge < -0.3 is 5.32 Å². The highest BCUT2D eigenvalue weighted by Crippen LogP contribution is 2.30. The summed E-state index contributed by atoms with van der Waals surface area (Å²) in [5, 5.41) is 3.43. The minimum Gasteiger partial charge on any atom is -0.355 e. The normalized spacial score (nSPS) is 11.0. The van der Waals surface area contributed by atoms with Crippen LogP contribution in [0.15, 0.2) is 47.5 Å². The van der Waals surface area contributed by atoms with Crippen molar-refractivity contribution >= 4 is 27.5 Å². The van der Waals surface area contributed by atoms with Crippen LogP contribution in [0.5, 0.6) is 0 Å². The molecule has 0 aliphatic heterocycles. The number of hydrogen-bond donors (Lipinski definition) is 1. The molecule has 1 amide bonds. The predicted octanol–water partition coefficient (Wildman–Crippen LogP) is 3.82. The molecule has 0 bridgehead atoms. The number of hydrogen-bond acceptors (Lipinski definition) is 4. The van der Waals surface area contributed by atoms with Crippen LogP contribution in [-0.2, 0) is 11.3 Å². The van der Waals surface area contributed by atoms with E-state index in [1.165, 1.54) is 35.1 Å². The molecule has 1 aromatic carbocycles. The van der Waals surface area contributed by atoms with Crippen LogP contribution in [0.2, 0.25) is 0 Å². The number of unbranched alkanes of at least 4 members (excludes halogenated alkanes) is 3. The Morgan fingerprint density at radius 3 is 2.77 bits per heavy atom. The van der Waals surface area contributed by atoms with E-state index in [-0.39, 0.29) is 18.0 Å². The monoisotopic (exact) mass is 369 g/mol. The van der Waals surface area contributed by atoms with Crippen molar-refractivity contribution in [3.8, 4) is 10.4 Å². The van der Waals surface area contributed by atoms with Crippen LogP contribution in [-0.4, -0.2) is 22.0 Å². The molecule has 3 aromatic rings. The maximum Gasteiger partial charge on any atom is 0.262 e. The summed E-state index contributed by atoms with van der Waals surface area (Å²) in [6.07, 6.45) is 5.89. The number of amides is 1. The third kappa shape index (κ3) is 4.38. The van der Waals surface area contributed by atoms with Crippen molar-refractivity contribution in [2.75, 3.05) is 6.54 Å². The average molecular weight is 369 g/mol. The van der Waals surface area contributed by atoms with Gasteiger partial charge >= 0.3 is 0 Å². The molecule has 26 heavy (non-hydrogen) atoms. The van der Waals surface area contributed by atoms with E-state index in [2.05, 4.69) is 17.2 Å². The van der Waals surface area contributed by atoms with Crippen LogP contribution in [0.1, 0.15) is 32.6 Å². The van der Waals surface area contributed by atoms with Crippen molar-refractivity contribution in [1.82, 2.24) is 14.9 Å². The zero-order chi connectivity index (χ0) is 18.4. The topological polar surface area (TPSA) is 64.0 Å². The molecule has 6 heteroatoms. The van der Waals surface area contributed by atoms with Gasteiger partial charge in [-0.2, -0.15) is 0 Å². The minimum atomic E-state index is -0.172. The highest BCUT2D eigenvalue weighted by molar-refractivity contribution is 7.21. The summed E-state index contributed by atoms with van der Waals surface area (Å²) in [6.45, 7) is 2.81. The van der Waals surface area contributed by atoms with Gasteiger partial charge in [-0.1, -0.05) is 56.5 Å². The van der Waals surface area contributed by atoms with E-state index >= 15 is 0 Å². The number of nitrogens with zero attached hydrogens (tertiary/aromatic N) is 2. The molecule has 5 nitrogen and oxygen atoms in total. The predicted molar refractivity (Wildman–Crippen MR) is 106 cm³/mol. The maximum atomic E-state index is 12.7. The highest BCUT2D eigenvalue weighted by atomic mass is 32.1. The fourth-order valence-corrected chi connectivity index (χ4v) is 3.80. The fraction of sp³-hybridized carbons (Fsp3) is 0.350. The lowest BCUT2D eigenvalue weighted by atomic mass is 10.2. The minimum absolute atomic E-state index is 0.00602. The van der Waals surface area contributed by atoms with E-state index in [4.69, 9.17) is 0 Å². The van der Waals surface area contributed by atoms with Crippen LogP contribution in [0.4, 0.5) is 0 Å². The molecule has 0 radical (unpaired) electrons. The van der Waals surface area contributed by atoms with Gasteiger partial charge in [-0.15, -0.1) is 11.3 Å². The lowest BCUT2D eigenvalue weighted by Crippen LogP contribution is -2.32. The first-order valence-corrected chi connectivity index (χ1v) is 9.82. The second-order valence-electron chi connectivity index (χ2n) is 6.28. The van der Waals surface area contributed by atoms with Crippen LogP contribution in [0.25, 0.3) is 20.7 Å². The van der Waals surface area contributed by atoms with Gasteiger partial charge in [0.05, 0.1) is 11.7 Å². The number of carbonyl (C=O) groups excluding carboxylic acids is 1.